The molecule has 124 valence electrons. The summed E-state index contributed by atoms with van der Waals surface area (Å²) in [5.41, 5.74) is 5.36. The molecule has 0 aliphatic rings. The average molecular weight is 411 g/mol. The fourth-order valence-electron chi connectivity index (χ4n) is 1.33. The first kappa shape index (κ1) is 19.7. The van der Waals surface area contributed by atoms with Gasteiger partial charge in [0.25, 0.3) is 9.70 Å². The summed E-state index contributed by atoms with van der Waals surface area (Å²) in [5.74, 6) is 0.00772. The van der Waals surface area contributed by atoms with Crippen LogP contribution in [0, 0.1) is 0 Å². The van der Waals surface area contributed by atoms with Crippen LogP contribution in [0.4, 0.5) is 0 Å². The third-order valence-electron chi connectivity index (χ3n) is 2.26. The van der Waals surface area contributed by atoms with E-state index >= 15 is 0 Å². The van der Waals surface area contributed by atoms with E-state index in [1.807, 2.05) is 0 Å². The lowest BCUT2D eigenvalue weighted by Crippen LogP contribution is -2.36. The Kier molecular flexibility index (Phi) is 8.17. The molecule has 0 aliphatic heterocycles. The summed E-state index contributed by atoms with van der Waals surface area (Å²) < 4.78 is 8.77. The van der Waals surface area contributed by atoms with E-state index in [-0.39, 0.29) is 13.2 Å². The van der Waals surface area contributed by atoms with Crippen molar-refractivity contribution >= 4 is 63.9 Å². The molecule has 10 heteroatoms. The Bertz CT molecular complexity index is 522. The van der Waals surface area contributed by atoms with E-state index in [0.717, 1.165) is 0 Å². The summed E-state index contributed by atoms with van der Waals surface area (Å²) in [6, 6.07) is 3.03. The van der Waals surface area contributed by atoms with E-state index in [1.54, 1.807) is 0 Å². The number of amides is 1. The maximum absolute atomic E-state index is 11.3. The molecule has 0 atom stereocenters. The first-order valence-corrected chi connectivity index (χ1v) is 7.94. The molecular formula is C12H13Cl5N2O3. The predicted molar refractivity (Wildman–Crippen MR) is 89.8 cm³/mol. The summed E-state index contributed by atoms with van der Waals surface area (Å²) in [6.07, 6.45) is 0. The first-order valence-electron chi connectivity index (χ1n) is 6.05. The molecule has 0 saturated carbocycles. The highest BCUT2D eigenvalue weighted by molar-refractivity contribution is 6.76. The molecule has 3 N–H and O–H groups in total. The van der Waals surface area contributed by atoms with Gasteiger partial charge in [-0.1, -0.05) is 58.0 Å². The number of nitrogens with two attached hydrogens (primary N) is 1. The number of carbonyl (C=O) groups excluding carboxylic acids is 1. The number of hydrogen-bond acceptors (Lipinski definition) is 4. The monoisotopic (exact) mass is 408 g/mol. The number of hydrogen-bond donors (Lipinski definition) is 2. The van der Waals surface area contributed by atoms with Gasteiger partial charge in [0.2, 0.25) is 0 Å². The van der Waals surface area contributed by atoms with Gasteiger partial charge in [0.15, 0.2) is 0 Å². The van der Waals surface area contributed by atoms with Crippen molar-refractivity contribution in [1.29, 1.82) is 0 Å². The van der Waals surface area contributed by atoms with Gasteiger partial charge in [0, 0.05) is 12.6 Å². The van der Waals surface area contributed by atoms with Gasteiger partial charge in [-0.3, -0.25) is 4.79 Å². The van der Waals surface area contributed by atoms with Gasteiger partial charge in [-0.15, -0.1) is 0 Å². The molecule has 0 heterocycles. The minimum absolute atomic E-state index is 0.115. The molecule has 1 amide bonds. The van der Waals surface area contributed by atoms with Crippen molar-refractivity contribution in [2.45, 2.75) is 3.79 Å². The Balaban J connectivity index is 2.57. The lowest BCUT2D eigenvalue weighted by atomic mass is 10.3. The Morgan fingerprint density at radius 2 is 1.64 bits per heavy atom. The van der Waals surface area contributed by atoms with Gasteiger partial charge in [-0.05, 0) is 6.07 Å². The van der Waals surface area contributed by atoms with Gasteiger partial charge >= 0.3 is 0 Å². The summed E-state index contributed by atoms with van der Waals surface area (Å²) in [5, 5.41) is 3.04. The summed E-state index contributed by atoms with van der Waals surface area (Å²) in [4.78, 5) is 11.3. The molecule has 0 spiro atoms. The van der Waals surface area contributed by atoms with E-state index in [2.05, 4.69) is 5.32 Å². The molecule has 1 aromatic rings. The number of nitrogens with one attached hydrogen (secondary N) is 1. The van der Waals surface area contributed by atoms with Crippen molar-refractivity contribution in [3.05, 3.63) is 22.2 Å². The SMILES string of the molecule is NCCOc1cc(OCCNC(=O)C(Cl)(Cl)Cl)c(Cl)cc1Cl. The zero-order valence-electron chi connectivity index (χ0n) is 11.2. The highest BCUT2D eigenvalue weighted by atomic mass is 35.6. The average Bonchev–Trinajstić information content (AvgIpc) is 2.43. The highest BCUT2D eigenvalue weighted by Gasteiger charge is 2.29. The predicted octanol–water partition coefficient (Wildman–Crippen LogP) is 3.20. The Morgan fingerprint density at radius 1 is 1.09 bits per heavy atom. The molecule has 0 fully saturated rings. The van der Waals surface area contributed by atoms with Crippen LogP contribution in [-0.2, 0) is 4.79 Å². The second kappa shape index (κ2) is 9.11. The maximum Gasteiger partial charge on any atom is 0.272 e. The maximum atomic E-state index is 11.3. The molecule has 22 heavy (non-hydrogen) atoms. The third kappa shape index (κ3) is 6.44. The van der Waals surface area contributed by atoms with Gasteiger partial charge in [-0.2, -0.15) is 0 Å². The minimum Gasteiger partial charge on any atom is -0.491 e. The summed E-state index contributed by atoms with van der Waals surface area (Å²) in [6.45, 7) is 0.896. The Morgan fingerprint density at radius 3 is 2.14 bits per heavy atom. The van der Waals surface area contributed by atoms with E-state index in [1.165, 1.54) is 12.1 Å². The van der Waals surface area contributed by atoms with Crippen molar-refractivity contribution in [3.63, 3.8) is 0 Å². The fraction of sp³-hybridized carbons (Fsp3) is 0.417. The molecular weight excluding hydrogens is 397 g/mol. The number of benzene rings is 1. The number of rotatable bonds is 7. The first-order chi connectivity index (χ1) is 10.3. The lowest BCUT2D eigenvalue weighted by Gasteiger charge is -2.14. The van der Waals surface area contributed by atoms with Crippen LogP contribution in [0.15, 0.2) is 12.1 Å². The largest absolute Gasteiger partial charge is 0.491 e. The molecule has 0 aromatic heterocycles. The molecule has 0 aliphatic carbocycles. The third-order valence-corrected chi connectivity index (χ3v) is 3.37. The van der Waals surface area contributed by atoms with Crippen molar-refractivity contribution < 1.29 is 14.3 Å². The normalized spacial score (nSPS) is 11.2. The van der Waals surface area contributed by atoms with Crippen LogP contribution in [0.5, 0.6) is 11.5 Å². The van der Waals surface area contributed by atoms with E-state index < -0.39 is 9.70 Å². The minimum atomic E-state index is -2.01. The van der Waals surface area contributed by atoms with Crippen LogP contribution in [0.2, 0.25) is 10.0 Å². The van der Waals surface area contributed by atoms with Crippen LogP contribution >= 0.6 is 58.0 Å². The van der Waals surface area contributed by atoms with E-state index in [4.69, 9.17) is 73.2 Å². The zero-order chi connectivity index (χ0) is 16.8. The van der Waals surface area contributed by atoms with Crippen molar-refractivity contribution in [1.82, 2.24) is 5.32 Å². The van der Waals surface area contributed by atoms with Crippen molar-refractivity contribution in [2.24, 2.45) is 5.73 Å². The number of carbonyl (C=O) groups is 1. The van der Waals surface area contributed by atoms with Crippen LogP contribution in [0.25, 0.3) is 0 Å². The molecule has 1 aromatic carbocycles. The van der Waals surface area contributed by atoms with Crippen molar-refractivity contribution in [3.8, 4) is 11.5 Å². The number of ether oxygens (including phenoxy) is 2. The topological polar surface area (TPSA) is 73.6 Å². The molecule has 0 saturated heterocycles. The van der Waals surface area contributed by atoms with Crippen molar-refractivity contribution in [2.75, 3.05) is 26.3 Å². The van der Waals surface area contributed by atoms with Crippen LogP contribution in [0.1, 0.15) is 0 Å². The standard InChI is InChI=1S/C12H13Cl5N2O3/c13-7-5-8(14)10(6-9(7)21-3-1-18)22-4-2-19-11(20)12(15,16)17/h5-6H,1-4,18H2,(H,19,20). The number of halogens is 5. The quantitative estimate of drug-likeness (QED) is 0.535. The van der Waals surface area contributed by atoms with Crippen LogP contribution in [-0.4, -0.2) is 36.0 Å². The lowest BCUT2D eigenvalue weighted by molar-refractivity contribution is -0.120. The van der Waals surface area contributed by atoms with Gasteiger partial charge < -0.3 is 20.5 Å². The van der Waals surface area contributed by atoms with Crippen LogP contribution in [0.3, 0.4) is 0 Å². The second-order valence-electron chi connectivity index (χ2n) is 3.95. The molecule has 5 nitrogen and oxygen atoms in total. The van der Waals surface area contributed by atoms with E-state index in [9.17, 15) is 4.79 Å². The number of alkyl halides is 3. The van der Waals surface area contributed by atoms with Gasteiger partial charge in [0.05, 0.1) is 16.6 Å². The Labute approximate surface area is 152 Å². The second-order valence-corrected chi connectivity index (χ2v) is 7.05. The molecule has 1 rings (SSSR count). The van der Waals surface area contributed by atoms with Gasteiger partial charge in [0.1, 0.15) is 24.7 Å². The molecule has 0 unspecified atom stereocenters. The van der Waals surface area contributed by atoms with E-state index in [0.29, 0.717) is 34.7 Å². The molecule has 0 radical (unpaired) electrons. The van der Waals surface area contributed by atoms with Crippen LogP contribution < -0.4 is 20.5 Å². The zero-order valence-corrected chi connectivity index (χ0v) is 15.0. The highest BCUT2D eigenvalue weighted by Crippen LogP contribution is 2.35. The Hall–Kier alpha value is -0.300. The smallest absolute Gasteiger partial charge is 0.272 e. The molecule has 0 bridgehead atoms. The van der Waals surface area contributed by atoms with Gasteiger partial charge in [-0.25, -0.2) is 0 Å². The summed E-state index contributed by atoms with van der Waals surface area (Å²) in [7, 11) is 0. The fourth-order valence-corrected chi connectivity index (χ4v) is 2.02. The summed E-state index contributed by atoms with van der Waals surface area (Å²) >= 11 is 28.2.